The van der Waals surface area contributed by atoms with Crippen LogP contribution in [-0.4, -0.2) is 60.2 Å². The molecule has 0 aliphatic heterocycles. The van der Waals surface area contributed by atoms with Gasteiger partial charge in [0.05, 0.1) is 24.2 Å². The second kappa shape index (κ2) is 11.8. The van der Waals surface area contributed by atoms with E-state index >= 15 is 4.39 Å². The average Bonchev–Trinajstić information content (AvgIpc) is 3.29. The Labute approximate surface area is 209 Å². The van der Waals surface area contributed by atoms with Gasteiger partial charge in [0.2, 0.25) is 16.0 Å². The number of ether oxygens (including phenoxy) is 1. The number of hydrogen-bond donors (Lipinski definition) is 3. The fourth-order valence-corrected chi connectivity index (χ4v) is 4.46. The number of amides is 1. The van der Waals surface area contributed by atoms with Crippen molar-refractivity contribution >= 4 is 27.8 Å². The molecule has 1 amide bonds. The first kappa shape index (κ1) is 26.9. The number of nitrogens with zero attached hydrogens (tertiary/aromatic N) is 4. The SMILES string of the molecule is CCCS(=O)(=O)Nc1cccc(-c2nn(C(C)C)cc2-c2ccnc(NCCNC(=O)OC)n2)c1F. The molecule has 3 N–H and O–H groups in total. The van der Waals surface area contributed by atoms with Gasteiger partial charge < -0.3 is 15.4 Å². The number of sulfonamides is 1. The standard InChI is InChI=1S/C23H30FN7O4S/c1-5-13-36(33,34)30-19-8-6-7-16(20(19)24)21-17(14-31(29-21)15(2)3)18-9-10-25-22(28-18)26-11-12-27-23(32)35-4/h6-10,14-15,30H,5,11-13H2,1-4H3,(H,27,32)(H,25,26,28). The van der Waals surface area contributed by atoms with Crippen LogP contribution in [0.4, 0.5) is 20.8 Å². The third-order valence-electron chi connectivity index (χ3n) is 5.05. The number of anilines is 2. The highest BCUT2D eigenvalue weighted by atomic mass is 32.2. The van der Waals surface area contributed by atoms with Crippen LogP contribution in [-0.2, 0) is 14.8 Å². The normalized spacial score (nSPS) is 11.4. The summed E-state index contributed by atoms with van der Waals surface area (Å²) < 4.78 is 48.5. The molecule has 194 valence electrons. The Balaban J connectivity index is 1.96. The zero-order valence-corrected chi connectivity index (χ0v) is 21.4. The van der Waals surface area contributed by atoms with E-state index in [0.29, 0.717) is 42.4 Å². The third-order valence-corrected chi connectivity index (χ3v) is 6.52. The summed E-state index contributed by atoms with van der Waals surface area (Å²) in [5.41, 5.74) is 1.35. The number of rotatable bonds is 11. The highest BCUT2D eigenvalue weighted by molar-refractivity contribution is 7.92. The number of aromatic nitrogens is 4. The minimum absolute atomic E-state index is 0.0179. The fourth-order valence-electron chi connectivity index (χ4n) is 3.33. The van der Waals surface area contributed by atoms with Crippen molar-refractivity contribution in [3.05, 3.63) is 42.5 Å². The van der Waals surface area contributed by atoms with E-state index in [-0.39, 0.29) is 23.0 Å². The molecule has 2 aromatic heterocycles. The number of alkyl carbamates (subject to hydrolysis) is 1. The smallest absolute Gasteiger partial charge is 0.406 e. The molecule has 11 nitrogen and oxygen atoms in total. The van der Waals surface area contributed by atoms with Gasteiger partial charge in [0, 0.05) is 42.7 Å². The molecular weight excluding hydrogens is 489 g/mol. The molecule has 2 heterocycles. The van der Waals surface area contributed by atoms with Crippen LogP contribution < -0.4 is 15.4 Å². The molecule has 3 rings (SSSR count). The first-order valence-corrected chi connectivity index (χ1v) is 13.1. The number of nitrogens with one attached hydrogen (secondary N) is 3. The van der Waals surface area contributed by atoms with Crippen LogP contribution in [0.25, 0.3) is 22.5 Å². The monoisotopic (exact) mass is 519 g/mol. The van der Waals surface area contributed by atoms with E-state index < -0.39 is 21.9 Å². The first-order valence-electron chi connectivity index (χ1n) is 11.4. The number of methoxy groups -OCH3 is 1. The molecule has 3 aromatic rings. The van der Waals surface area contributed by atoms with Gasteiger partial charge in [0.25, 0.3) is 0 Å². The Morgan fingerprint density at radius 1 is 1.19 bits per heavy atom. The number of halogens is 1. The van der Waals surface area contributed by atoms with Gasteiger partial charge in [-0.3, -0.25) is 9.40 Å². The molecule has 0 spiro atoms. The van der Waals surface area contributed by atoms with Gasteiger partial charge in [-0.15, -0.1) is 0 Å². The predicted octanol–water partition coefficient (Wildman–Crippen LogP) is 3.65. The maximum absolute atomic E-state index is 15.5. The second-order valence-corrected chi connectivity index (χ2v) is 10.0. The van der Waals surface area contributed by atoms with E-state index in [9.17, 15) is 13.2 Å². The van der Waals surface area contributed by atoms with Crippen LogP contribution in [0.15, 0.2) is 36.7 Å². The van der Waals surface area contributed by atoms with Crippen molar-refractivity contribution in [2.45, 2.75) is 33.2 Å². The number of carbonyl (C=O) groups excluding carboxylic acids is 1. The molecule has 0 aliphatic carbocycles. The summed E-state index contributed by atoms with van der Waals surface area (Å²) in [6.07, 6.45) is 3.18. The van der Waals surface area contributed by atoms with Gasteiger partial charge in [0.15, 0.2) is 5.82 Å². The largest absolute Gasteiger partial charge is 0.453 e. The van der Waals surface area contributed by atoms with Gasteiger partial charge >= 0.3 is 6.09 Å². The second-order valence-electron chi connectivity index (χ2n) is 8.16. The number of hydrogen-bond acceptors (Lipinski definition) is 8. The van der Waals surface area contributed by atoms with E-state index in [1.165, 1.54) is 13.2 Å². The molecule has 13 heteroatoms. The fraction of sp³-hybridized carbons (Fsp3) is 0.391. The summed E-state index contributed by atoms with van der Waals surface area (Å²) in [7, 11) is -2.40. The van der Waals surface area contributed by atoms with Crippen molar-refractivity contribution in [1.82, 2.24) is 25.1 Å². The summed E-state index contributed by atoms with van der Waals surface area (Å²) in [6, 6.07) is 6.15. The molecular formula is C23H30FN7O4S. The molecule has 0 bridgehead atoms. The molecule has 36 heavy (non-hydrogen) atoms. The number of benzene rings is 1. The maximum atomic E-state index is 15.5. The molecule has 0 fully saturated rings. The Hall–Kier alpha value is -3.74. The third kappa shape index (κ3) is 6.68. The van der Waals surface area contributed by atoms with E-state index in [2.05, 4.69) is 35.2 Å². The summed E-state index contributed by atoms with van der Waals surface area (Å²) in [4.78, 5) is 19.9. The molecule has 0 unspecified atom stereocenters. The minimum Gasteiger partial charge on any atom is -0.453 e. The van der Waals surface area contributed by atoms with E-state index in [1.807, 2.05) is 13.8 Å². The molecule has 0 radical (unpaired) electrons. The quantitative estimate of drug-likeness (QED) is 0.326. The van der Waals surface area contributed by atoms with Crippen molar-refractivity contribution in [2.75, 3.05) is 36.0 Å². The van der Waals surface area contributed by atoms with Gasteiger partial charge in [-0.05, 0) is 38.5 Å². The lowest BCUT2D eigenvalue weighted by Gasteiger charge is -2.11. The lowest BCUT2D eigenvalue weighted by molar-refractivity contribution is 0.171. The predicted molar refractivity (Wildman–Crippen MR) is 136 cm³/mol. The van der Waals surface area contributed by atoms with Gasteiger partial charge in [-0.2, -0.15) is 5.10 Å². The molecule has 1 aromatic carbocycles. The zero-order chi connectivity index (χ0) is 26.3. The van der Waals surface area contributed by atoms with Crippen molar-refractivity contribution in [2.24, 2.45) is 0 Å². The summed E-state index contributed by atoms with van der Waals surface area (Å²) >= 11 is 0. The van der Waals surface area contributed by atoms with E-state index in [4.69, 9.17) is 0 Å². The van der Waals surface area contributed by atoms with Crippen LogP contribution in [0.3, 0.4) is 0 Å². The molecule has 0 saturated carbocycles. The molecule has 0 saturated heterocycles. The Morgan fingerprint density at radius 3 is 2.67 bits per heavy atom. The van der Waals surface area contributed by atoms with Crippen LogP contribution >= 0.6 is 0 Å². The highest BCUT2D eigenvalue weighted by Crippen LogP contribution is 2.35. The Morgan fingerprint density at radius 2 is 1.97 bits per heavy atom. The van der Waals surface area contributed by atoms with Crippen LogP contribution in [0.1, 0.15) is 33.2 Å². The van der Waals surface area contributed by atoms with E-state index in [0.717, 1.165) is 0 Å². The zero-order valence-electron chi connectivity index (χ0n) is 20.6. The lowest BCUT2D eigenvalue weighted by Crippen LogP contribution is -2.28. The molecule has 0 atom stereocenters. The Kier molecular flexibility index (Phi) is 8.80. The first-order chi connectivity index (χ1) is 17.1. The van der Waals surface area contributed by atoms with Crippen molar-refractivity contribution in [3.8, 4) is 22.5 Å². The topological polar surface area (TPSA) is 140 Å². The van der Waals surface area contributed by atoms with Crippen LogP contribution in [0.2, 0.25) is 0 Å². The Bertz CT molecular complexity index is 1310. The van der Waals surface area contributed by atoms with Gasteiger partial charge in [-0.25, -0.2) is 27.6 Å². The van der Waals surface area contributed by atoms with E-state index in [1.54, 1.807) is 42.2 Å². The van der Waals surface area contributed by atoms with Crippen molar-refractivity contribution < 1.29 is 22.3 Å². The lowest BCUT2D eigenvalue weighted by atomic mass is 10.0. The van der Waals surface area contributed by atoms with Gasteiger partial charge in [0.1, 0.15) is 5.69 Å². The minimum atomic E-state index is -3.68. The average molecular weight is 520 g/mol. The summed E-state index contributed by atoms with van der Waals surface area (Å²) in [6.45, 7) is 6.26. The van der Waals surface area contributed by atoms with Gasteiger partial charge in [-0.1, -0.05) is 13.0 Å². The highest BCUT2D eigenvalue weighted by Gasteiger charge is 2.22. The summed E-state index contributed by atoms with van der Waals surface area (Å²) in [5.74, 6) is -0.534. The summed E-state index contributed by atoms with van der Waals surface area (Å²) in [5, 5.41) is 10.1. The van der Waals surface area contributed by atoms with Crippen molar-refractivity contribution in [3.63, 3.8) is 0 Å². The van der Waals surface area contributed by atoms with Crippen molar-refractivity contribution in [1.29, 1.82) is 0 Å². The molecule has 0 aliphatic rings. The van der Waals surface area contributed by atoms with Crippen LogP contribution in [0.5, 0.6) is 0 Å². The maximum Gasteiger partial charge on any atom is 0.406 e. The van der Waals surface area contributed by atoms with Crippen LogP contribution in [0, 0.1) is 5.82 Å². The number of carbonyl (C=O) groups is 1.